The second kappa shape index (κ2) is 10.9. The summed E-state index contributed by atoms with van der Waals surface area (Å²) in [5.74, 6) is -4.54. The Kier molecular flexibility index (Phi) is 8.87. The van der Waals surface area contributed by atoms with E-state index in [1.54, 1.807) is 18.2 Å². The Morgan fingerprint density at radius 2 is 1.70 bits per heavy atom. The van der Waals surface area contributed by atoms with Gasteiger partial charge in [-0.2, -0.15) is 0 Å². The number of unbranched alkanes of at least 4 members (excludes halogenated alkanes) is 2. The Balaban J connectivity index is 3.14. The molecule has 0 aliphatic heterocycles. The largest absolute Gasteiger partial charge is 0.481 e. The van der Waals surface area contributed by atoms with Crippen molar-refractivity contribution in [1.29, 1.82) is 0 Å². The number of rotatable bonds is 11. The summed E-state index contributed by atoms with van der Waals surface area (Å²) in [4.78, 5) is 48.5. The van der Waals surface area contributed by atoms with Crippen LogP contribution in [-0.4, -0.2) is 51.5 Å². The summed E-state index contributed by atoms with van der Waals surface area (Å²) < 4.78 is 0. The predicted molar refractivity (Wildman–Crippen MR) is 98.9 cm³/mol. The third kappa shape index (κ3) is 6.67. The van der Waals surface area contributed by atoms with Crippen LogP contribution in [0.2, 0.25) is 0 Å². The van der Waals surface area contributed by atoms with Gasteiger partial charge in [-0.3, -0.25) is 19.3 Å². The first-order valence-electron chi connectivity index (χ1n) is 8.55. The van der Waals surface area contributed by atoms with Crippen molar-refractivity contribution >= 4 is 29.8 Å². The zero-order valence-electron chi connectivity index (χ0n) is 15.0. The standard InChI is InChI=1S/C19H24N2O6/c1-2-13-7-9-14(10-8-13)18(25)21(15(19(26)27)12-17(23)24)16(22)6-4-3-5-11-20/h2,7-10,15H,1,3-6,11-12,20H2,(H,23,24)(H,26,27)/t15-/m0/s1. The number of hydrogen-bond donors (Lipinski definition) is 3. The number of benzene rings is 1. The first-order valence-corrected chi connectivity index (χ1v) is 8.55. The van der Waals surface area contributed by atoms with E-state index in [1.165, 1.54) is 12.1 Å². The quantitative estimate of drug-likeness (QED) is 0.500. The van der Waals surface area contributed by atoms with Crippen LogP contribution in [0.1, 0.15) is 48.0 Å². The molecule has 1 aromatic carbocycles. The maximum atomic E-state index is 12.8. The summed E-state index contributed by atoms with van der Waals surface area (Å²) >= 11 is 0. The molecule has 0 saturated carbocycles. The Hall–Kier alpha value is -3.00. The number of carbonyl (C=O) groups is 4. The molecule has 0 unspecified atom stereocenters. The summed E-state index contributed by atoms with van der Waals surface area (Å²) in [6.07, 6.45) is 2.39. The van der Waals surface area contributed by atoms with E-state index in [0.717, 1.165) is 5.56 Å². The molecule has 0 aliphatic rings. The van der Waals surface area contributed by atoms with Crippen molar-refractivity contribution in [3.63, 3.8) is 0 Å². The number of hydrogen-bond acceptors (Lipinski definition) is 5. The highest BCUT2D eigenvalue weighted by Crippen LogP contribution is 2.16. The molecule has 8 nitrogen and oxygen atoms in total. The minimum absolute atomic E-state index is 0.0696. The van der Waals surface area contributed by atoms with E-state index < -0.39 is 36.2 Å². The van der Waals surface area contributed by atoms with Crippen LogP contribution in [0.5, 0.6) is 0 Å². The maximum absolute atomic E-state index is 12.8. The lowest BCUT2D eigenvalue weighted by Crippen LogP contribution is -2.49. The molecule has 0 heterocycles. The molecule has 4 N–H and O–H groups in total. The zero-order chi connectivity index (χ0) is 20.4. The predicted octanol–water partition coefficient (Wildman–Crippen LogP) is 1.75. The van der Waals surface area contributed by atoms with E-state index in [9.17, 15) is 24.3 Å². The van der Waals surface area contributed by atoms with Crippen molar-refractivity contribution < 1.29 is 29.4 Å². The second-order valence-corrected chi connectivity index (χ2v) is 5.95. The van der Waals surface area contributed by atoms with Crippen LogP contribution in [0.15, 0.2) is 30.8 Å². The molecule has 0 bridgehead atoms. The van der Waals surface area contributed by atoms with E-state index in [4.69, 9.17) is 10.8 Å². The topological polar surface area (TPSA) is 138 Å². The van der Waals surface area contributed by atoms with Crippen molar-refractivity contribution in [2.75, 3.05) is 6.54 Å². The number of imide groups is 1. The van der Waals surface area contributed by atoms with E-state index in [0.29, 0.717) is 30.7 Å². The van der Waals surface area contributed by atoms with Gasteiger partial charge < -0.3 is 15.9 Å². The monoisotopic (exact) mass is 376 g/mol. The van der Waals surface area contributed by atoms with Crippen molar-refractivity contribution in [3.8, 4) is 0 Å². The van der Waals surface area contributed by atoms with Gasteiger partial charge in [-0.1, -0.05) is 31.2 Å². The van der Waals surface area contributed by atoms with Crippen LogP contribution in [0.25, 0.3) is 6.08 Å². The Morgan fingerprint density at radius 3 is 2.19 bits per heavy atom. The lowest BCUT2D eigenvalue weighted by Gasteiger charge is -2.26. The lowest BCUT2D eigenvalue weighted by molar-refractivity contribution is -0.152. The molecule has 0 radical (unpaired) electrons. The number of carboxylic acid groups (broad SMARTS) is 2. The summed E-state index contributed by atoms with van der Waals surface area (Å²) in [7, 11) is 0. The molecule has 1 rings (SSSR count). The molecule has 0 spiro atoms. The molecule has 1 aromatic rings. The van der Waals surface area contributed by atoms with Gasteiger partial charge in [-0.05, 0) is 37.1 Å². The Morgan fingerprint density at radius 1 is 1.07 bits per heavy atom. The van der Waals surface area contributed by atoms with Crippen LogP contribution < -0.4 is 5.73 Å². The molecule has 146 valence electrons. The zero-order valence-corrected chi connectivity index (χ0v) is 15.0. The third-order valence-electron chi connectivity index (χ3n) is 3.94. The van der Waals surface area contributed by atoms with E-state index in [-0.39, 0.29) is 12.0 Å². The molecule has 2 amide bonds. The van der Waals surface area contributed by atoms with Gasteiger partial charge in [0.1, 0.15) is 6.04 Å². The van der Waals surface area contributed by atoms with Crippen molar-refractivity contribution in [1.82, 2.24) is 4.90 Å². The van der Waals surface area contributed by atoms with Gasteiger partial charge in [0.15, 0.2) is 0 Å². The molecule has 0 aromatic heterocycles. The van der Waals surface area contributed by atoms with Crippen LogP contribution in [-0.2, 0) is 14.4 Å². The van der Waals surface area contributed by atoms with E-state index >= 15 is 0 Å². The highest BCUT2D eigenvalue weighted by Gasteiger charge is 2.36. The van der Waals surface area contributed by atoms with Crippen molar-refractivity contribution in [2.24, 2.45) is 5.73 Å². The maximum Gasteiger partial charge on any atom is 0.327 e. The first-order chi connectivity index (χ1) is 12.8. The Bertz CT molecular complexity index is 699. The summed E-state index contributed by atoms with van der Waals surface area (Å²) in [6.45, 7) is 4.06. The van der Waals surface area contributed by atoms with Gasteiger partial charge in [0.2, 0.25) is 5.91 Å². The van der Waals surface area contributed by atoms with Gasteiger partial charge in [-0.25, -0.2) is 4.79 Å². The molecular formula is C19H24N2O6. The summed E-state index contributed by atoms with van der Waals surface area (Å²) in [5, 5.41) is 18.4. The minimum atomic E-state index is -1.78. The van der Waals surface area contributed by atoms with Crippen LogP contribution >= 0.6 is 0 Å². The fourth-order valence-electron chi connectivity index (χ4n) is 2.50. The van der Waals surface area contributed by atoms with E-state index in [2.05, 4.69) is 6.58 Å². The number of aliphatic carboxylic acids is 2. The van der Waals surface area contributed by atoms with Gasteiger partial charge in [0, 0.05) is 12.0 Å². The molecule has 27 heavy (non-hydrogen) atoms. The highest BCUT2D eigenvalue weighted by atomic mass is 16.4. The lowest BCUT2D eigenvalue weighted by atomic mass is 10.1. The SMILES string of the molecule is C=Cc1ccc(C(=O)N(C(=O)CCCCCN)[C@@H](CC(=O)O)C(=O)O)cc1. The number of carboxylic acids is 2. The molecular weight excluding hydrogens is 352 g/mol. The average Bonchev–Trinajstić information content (AvgIpc) is 2.64. The highest BCUT2D eigenvalue weighted by molar-refractivity contribution is 6.07. The fourth-order valence-corrected chi connectivity index (χ4v) is 2.50. The third-order valence-corrected chi connectivity index (χ3v) is 3.94. The van der Waals surface area contributed by atoms with Gasteiger partial charge in [0.25, 0.3) is 5.91 Å². The molecule has 0 aliphatic carbocycles. The average molecular weight is 376 g/mol. The molecule has 1 atom stereocenters. The van der Waals surface area contributed by atoms with Gasteiger partial charge in [0.05, 0.1) is 6.42 Å². The Labute approximate surface area is 157 Å². The smallest absolute Gasteiger partial charge is 0.327 e. The first kappa shape index (κ1) is 22.0. The van der Waals surface area contributed by atoms with Crippen LogP contribution in [0.4, 0.5) is 0 Å². The van der Waals surface area contributed by atoms with Gasteiger partial charge >= 0.3 is 11.9 Å². The van der Waals surface area contributed by atoms with Crippen LogP contribution in [0, 0.1) is 0 Å². The number of carbonyl (C=O) groups excluding carboxylic acids is 2. The normalized spacial score (nSPS) is 11.4. The molecule has 0 fully saturated rings. The summed E-state index contributed by atoms with van der Waals surface area (Å²) in [5.41, 5.74) is 6.23. The second-order valence-electron chi connectivity index (χ2n) is 5.95. The number of amides is 2. The van der Waals surface area contributed by atoms with Crippen molar-refractivity contribution in [3.05, 3.63) is 42.0 Å². The van der Waals surface area contributed by atoms with Gasteiger partial charge in [-0.15, -0.1) is 0 Å². The molecule has 0 saturated heterocycles. The summed E-state index contributed by atoms with van der Waals surface area (Å²) in [6, 6.07) is 4.28. The van der Waals surface area contributed by atoms with E-state index in [1.807, 2.05) is 0 Å². The number of nitrogens with two attached hydrogens (primary N) is 1. The van der Waals surface area contributed by atoms with Crippen LogP contribution in [0.3, 0.4) is 0 Å². The molecule has 8 heteroatoms. The fraction of sp³-hybridized carbons (Fsp3) is 0.368. The van der Waals surface area contributed by atoms with Crippen molar-refractivity contribution in [2.45, 2.75) is 38.1 Å². The number of nitrogens with zero attached hydrogens (tertiary/aromatic N) is 1. The minimum Gasteiger partial charge on any atom is -0.481 e.